The summed E-state index contributed by atoms with van der Waals surface area (Å²) in [6, 6.07) is 9.06. The lowest BCUT2D eigenvalue weighted by atomic mass is 10.1. The predicted octanol–water partition coefficient (Wildman–Crippen LogP) is 5.14. The van der Waals surface area contributed by atoms with E-state index in [-0.39, 0.29) is 0 Å². The van der Waals surface area contributed by atoms with Gasteiger partial charge in [0, 0.05) is 50.9 Å². The summed E-state index contributed by atoms with van der Waals surface area (Å²) in [5.41, 5.74) is 4.09. The molecule has 2 saturated heterocycles. The maximum absolute atomic E-state index is 5.90. The zero-order chi connectivity index (χ0) is 26.2. The molecule has 7 heteroatoms. The van der Waals surface area contributed by atoms with Gasteiger partial charge in [-0.15, -0.1) is 0 Å². The van der Waals surface area contributed by atoms with Crippen molar-refractivity contribution in [2.75, 3.05) is 63.6 Å². The van der Waals surface area contributed by atoms with Gasteiger partial charge in [0.05, 0.1) is 12.3 Å². The van der Waals surface area contributed by atoms with Crippen LogP contribution in [0.3, 0.4) is 0 Å². The zero-order valence-corrected chi connectivity index (χ0v) is 23.8. The Morgan fingerprint density at radius 3 is 2.47 bits per heavy atom. The fourth-order valence-corrected chi connectivity index (χ4v) is 6.16. The number of rotatable bonds is 10. The van der Waals surface area contributed by atoms with Crippen LogP contribution in [-0.2, 0) is 19.4 Å². The van der Waals surface area contributed by atoms with E-state index in [1.807, 2.05) is 0 Å². The van der Waals surface area contributed by atoms with E-state index in [9.17, 15) is 0 Å². The summed E-state index contributed by atoms with van der Waals surface area (Å²) < 4.78 is 5.90. The molecule has 0 saturated carbocycles. The van der Waals surface area contributed by atoms with Crippen LogP contribution in [0.4, 0.5) is 11.8 Å². The maximum atomic E-state index is 5.90. The number of nitrogens with one attached hydrogen (secondary N) is 1. The molecule has 2 aliphatic heterocycles. The van der Waals surface area contributed by atoms with E-state index in [2.05, 4.69) is 58.4 Å². The molecule has 1 aliphatic carbocycles. The zero-order valence-electron chi connectivity index (χ0n) is 23.8. The van der Waals surface area contributed by atoms with Crippen molar-refractivity contribution in [1.82, 2.24) is 19.8 Å². The summed E-state index contributed by atoms with van der Waals surface area (Å²) in [5, 5.41) is 3.75. The van der Waals surface area contributed by atoms with Crippen LogP contribution in [0.5, 0.6) is 5.75 Å². The van der Waals surface area contributed by atoms with Gasteiger partial charge in [0.25, 0.3) is 0 Å². The predicted molar refractivity (Wildman–Crippen MR) is 156 cm³/mol. The lowest BCUT2D eigenvalue weighted by Crippen LogP contribution is -2.29. The van der Waals surface area contributed by atoms with Crippen molar-refractivity contribution in [1.29, 1.82) is 0 Å². The standard InChI is InChI=1S/C31H48N6O/c1-35(2)18-10-22-38-27-15-13-25(14-16-27)23-36-21-17-26(24-36)32-31-33-29-12-7-5-6-11-28(29)30(34-31)37-19-8-3-4-9-20-37/h13-16,26H,3-12,17-24H2,1-2H3,(H,32,33,34). The second-order valence-electron chi connectivity index (χ2n) is 11.8. The fourth-order valence-electron chi connectivity index (χ4n) is 6.16. The molecular weight excluding hydrogens is 472 g/mol. The number of hydrogen-bond donors (Lipinski definition) is 1. The minimum atomic E-state index is 0.398. The highest BCUT2D eigenvalue weighted by Gasteiger charge is 2.26. The van der Waals surface area contributed by atoms with E-state index in [0.717, 1.165) is 83.3 Å². The number of aromatic nitrogens is 2. The van der Waals surface area contributed by atoms with E-state index in [1.54, 1.807) is 0 Å². The van der Waals surface area contributed by atoms with Crippen LogP contribution in [-0.4, -0.2) is 79.2 Å². The molecule has 5 rings (SSSR count). The Balaban J connectivity index is 1.17. The summed E-state index contributed by atoms with van der Waals surface area (Å²) in [6.07, 6.45) is 13.5. The van der Waals surface area contributed by atoms with Gasteiger partial charge in [0.1, 0.15) is 11.6 Å². The molecule has 0 amide bonds. The SMILES string of the molecule is CN(C)CCCOc1ccc(CN2CCC(Nc3nc4c(c(N5CCCCCC5)n3)CCCCC4)C2)cc1. The van der Waals surface area contributed by atoms with Crippen molar-refractivity contribution < 1.29 is 4.74 Å². The van der Waals surface area contributed by atoms with E-state index < -0.39 is 0 Å². The van der Waals surface area contributed by atoms with E-state index in [1.165, 1.54) is 67.6 Å². The fraction of sp³-hybridized carbons (Fsp3) is 0.677. The van der Waals surface area contributed by atoms with Crippen LogP contribution in [0.2, 0.25) is 0 Å². The van der Waals surface area contributed by atoms with Crippen LogP contribution >= 0.6 is 0 Å². The highest BCUT2D eigenvalue weighted by molar-refractivity contribution is 5.53. The first-order chi connectivity index (χ1) is 18.6. The second kappa shape index (κ2) is 13.6. The Labute approximate surface area is 230 Å². The Morgan fingerprint density at radius 1 is 0.921 bits per heavy atom. The smallest absolute Gasteiger partial charge is 0.225 e. The largest absolute Gasteiger partial charge is 0.494 e. The second-order valence-corrected chi connectivity index (χ2v) is 11.8. The van der Waals surface area contributed by atoms with Crippen LogP contribution in [0, 0.1) is 0 Å². The minimum Gasteiger partial charge on any atom is -0.494 e. The first-order valence-electron chi connectivity index (χ1n) is 15.1. The Morgan fingerprint density at radius 2 is 1.68 bits per heavy atom. The summed E-state index contributed by atoms with van der Waals surface area (Å²) in [5.74, 6) is 3.06. The lowest BCUT2D eigenvalue weighted by Gasteiger charge is -2.26. The lowest BCUT2D eigenvalue weighted by molar-refractivity contribution is 0.281. The molecule has 2 aromatic rings. The molecular formula is C31H48N6O. The van der Waals surface area contributed by atoms with Crippen molar-refractivity contribution in [2.45, 2.75) is 83.2 Å². The number of benzene rings is 1. The molecule has 1 unspecified atom stereocenters. The molecule has 7 nitrogen and oxygen atoms in total. The summed E-state index contributed by atoms with van der Waals surface area (Å²) in [7, 11) is 4.20. The van der Waals surface area contributed by atoms with Gasteiger partial charge in [-0.1, -0.05) is 31.4 Å². The highest BCUT2D eigenvalue weighted by atomic mass is 16.5. The average Bonchev–Trinajstić information content (AvgIpc) is 3.10. The van der Waals surface area contributed by atoms with Crippen LogP contribution < -0.4 is 15.0 Å². The van der Waals surface area contributed by atoms with Gasteiger partial charge in [-0.25, -0.2) is 4.98 Å². The highest BCUT2D eigenvalue weighted by Crippen LogP contribution is 2.30. The van der Waals surface area contributed by atoms with Gasteiger partial charge < -0.3 is 19.9 Å². The molecule has 1 aromatic carbocycles. The Hall–Kier alpha value is -2.38. The number of hydrogen-bond acceptors (Lipinski definition) is 7. The number of aryl methyl sites for hydroxylation is 1. The van der Waals surface area contributed by atoms with Gasteiger partial charge >= 0.3 is 0 Å². The molecule has 3 aliphatic rings. The number of ether oxygens (including phenoxy) is 1. The third-order valence-corrected chi connectivity index (χ3v) is 8.27. The summed E-state index contributed by atoms with van der Waals surface area (Å²) >= 11 is 0. The molecule has 38 heavy (non-hydrogen) atoms. The molecule has 0 radical (unpaired) electrons. The van der Waals surface area contributed by atoms with Crippen molar-refractivity contribution >= 4 is 11.8 Å². The average molecular weight is 521 g/mol. The van der Waals surface area contributed by atoms with Crippen LogP contribution in [0.15, 0.2) is 24.3 Å². The third-order valence-electron chi connectivity index (χ3n) is 8.27. The normalized spacial score (nSPS) is 20.7. The first kappa shape index (κ1) is 27.2. The number of likely N-dealkylation sites (tertiary alicyclic amines) is 1. The summed E-state index contributed by atoms with van der Waals surface area (Å²) in [4.78, 5) is 17.6. The van der Waals surface area contributed by atoms with E-state index in [4.69, 9.17) is 14.7 Å². The Kier molecular flexibility index (Phi) is 9.74. The van der Waals surface area contributed by atoms with Crippen molar-refractivity contribution in [3.63, 3.8) is 0 Å². The topological polar surface area (TPSA) is 56.8 Å². The molecule has 1 atom stereocenters. The number of nitrogens with zero attached hydrogens (tertiary/aromatic N) is 5. The number of anilines is 2. The molecule has 3 heterocycles. The van der Waals surface area contributed by atoms with Crippen LogP contribution in [0.25, 0.3) is 0 Å². The first-order valence-corrected chi connectivity index (χ1v) is 15.1. The number of fused-ring (bicyclic) bond motifs is 1. The monoisotopic (exact) mass is 520 g/mol. The van der Waals surface area contributed by atoms with Gasteiger partial charge in [-0.05, 0) is 83.2 Å². The van der Waals surface area contributed by atoms with Gasteiger partial charge in [-0.2, -0.15) is 4.98 Å². The van der Waals surface area contributed by atoms with Gasteiger partial charge in [0.2, 0.25) is 5.95 Å². The van der Waals surface area contributed by atoms with Gasteiger partial charge in [-0.3, -0.25) is 4.90 Å². The quantitative estimate of drug-likeness (QED) is 0.344. The minimum absolute atomic E-state index is 0.398. The van der Waals surface area contributed by atoms with E-state index >= 15 is 0 Å². The van der Waals surface area contributed by atoms with Crippen molar-refractivity contribution in [3.05, 3.63) is 41.1 Å². The van der Waals surface area contributed by atoms with Crippen molar-refractivity contribution in [3.8, 4) is 5.75 Å². The molecule has 0 bridgehead atoms. The molecule has 208 valence electrons. The van der Waals surface area contributed by atoms with Crippen LogP contribution in [0.1, 0.15) is 74.6 Å². The summed E-state index contributed by atoms with van der Waals surface area (Å²) in [6.45, 7) is 7.20. The third kappa shape index (κ3) is 7.60. The molecule has 0 spiro atoms. The maximum Gasteiger partial charge on any atom is 0.225 e. The Bertz CT molecular complexity index is 1000. The molecule has 2 fully saturated rings. The molecule has 1 aromatic heterocycles. The van der Waals surface area contributed by atoms with Crippen molar-refractivity contribution in [2.24, 2.45) is 0 Å². The van der Waals surface area contributed by atoms with Gasteiger partial charge in [0.15, 0.2) is 0 Å². The van der Waals surface area contributed by atoms with E-state index in [0.29, 0.717) is 6.04 Å². The molecule has 1 N–H and O–H groups in total.